The van der Waals surface area contributed by atoms with Gasteiger partial charge in [-0.05, 0) is 40.8 Å². The minimum atomic E-state index is -0.530. The standard InChI is InChI=1S/C28H23NO3/c30-27(29-26-18-10-7-15-23(26)19-21-11-3-1-4-12-21)20-32-28(31)25-17-9-8-16-24(25)22-13-5-2-6-14-22/h1-18H,19-20H2,(H,29,30). The summed E-state index contributed by atoms with van der Waals surface area (Å²) in [6.45, 7) is -0.359. The molecule has 0 radical (unpaired) electrons. The molecular weight excluding hydrogens is 398 g/mol. The third kappa shape index (κ3) is 5.29. The average molecular weight is 421 g/mol. The number of ether oxygens (including phenoxy) is 1. The summed E-state index contributed by atoms with van der Waals surface area (Å²) in [7, 11) is 0. The van der Waals surface area contributed by atoms with E-state index in [1.54, 1.807) is 12.1 Å². The monoisotopic (exact) mass is 421 g/mol. The normalized spacial score (nSPS) is 10.4. The van der Waals surface area contributed by atoms with Crippen LogP contribution in [0.15, 0.2) is 109 Å². The number of hydrogen-bond acceptors (Lipinski definition) is 3. The lowest BCUT2D eigenvalue weighted by atomic mass is 10.00. The van der Waals surface area contributed by atoms with Gasteiger partial charge in [-0.2, -0.15) is 0 Å². The maximum absolute atomic E-state index is 12.7. The Kier molecular flexibility index (Phi) is 6.73. The Hall–Kier alpha value is -4.18. The van der Waals surface area contributed by atoms with E-state index in [2.05, 4.69) is 5.32 Å². The molecule has 0 unspecified atom stereocenters. The summed E-state index contributed by atoms with van der Waals surface area (Å²) in [5.74, 6) is -0.909. The Morgan fingerprint density at radius 2 is 1.31 bits per heavy atom. The summed E-state index contributed by atoms with van der Waals surface area (Å²) in [5, 5.41) is 2.87. The van der Waals surface area contributed by atoms with E-state index in [0.717, 1.165) is 22.3 Å². The third-order valence-electron chi connectivity index (χ3n) is 5.09. The summed E-state index contributed by atoms with van der Waals surface area (Å²) in [4.78, 5) is 25.2. The SMILES string of the molecule is O=C(COC(=O)c1ccccc1-c1ccccc1)Nc1ccccc1Cc1ccccc1. The number of rotatable bonds is 7. The van der Waals surface area contributed by atoms with Gasteiger partial charge in [-0.3, -0.25) is 4.79 Å². The summed E-state index contributed by atoms with van der Waals surface area (Å²) in [5.41, 5.74) is 4.97. The zero-order valence-corrected chi connectivity index (χ0v) is 17.5. The molecular formula is C28H23NO3. The van der Waals surface area contributed by atoms with Crippen molar-refractivity contribution in [3.63, 3.8) is 0 Å². The second-order valence-electron chi connectivity index (χ2n) is 7.36. The molecule has 4 nitrogen and oxygen atoms in total. The molecule has 0 saturated carbocycles. The van der Waals surface area contributed by atoms with Crippen LogP contribution in [0.4, 0.5) is 5.69 Å². The number of nitrogens with one attached hydrogen (secondary N) is 1. The fourth-order valence-corrected chi connectivity index (χ4v) is 3.54. The van der Waals surface area contributed by atoms with Crippen molar-refractivity contribution in [3.05, 3.63) is 126 Å². The van der Waals surface area contributed by atoms with Crippen LogP contribution in [0.3, 0.4) is 0 Å². The summed E-state index contributed by atoms with van der Waals surface area (Å²) in [6, 6.07) is 34.5. The first-order chi connectivity index (χ1) is 15.7. The van der Waals surface area contributed by atoms with Gasteiger partial charge in [-0.15, -0.1) is 0 Å². The van der Waals surface area contributed by atoms with Gasteiger partial charge >= 0.3 is 5.97 Å². The Bertz CT molecular complexity index is 1200. The van der Waals surface area contributed by atoms with E-state index in [-0.39, 0.29) is 12.5 Å². The van der Waals surface area contributed by atoms with Gasteiger partial charge in [0.2, 0.25) is 0 Å². The van der Waals surface area contributed by atoms with Crippen LogP contribution in [-0.4, -0.2) is 18.5 Å². The molecule has 0 fully saturated rings. The van der Waals surface area contributed by atoms with Gasteiger partial charge in [-0.25, -0.2) is 4.79 Å². The first-order valence-corrected chi connectivity index (χ1v) is 10.4. The van der Waals surface area contributed by atoms with E-state index in [0.29, 0.717) is 17.7 Å². The number of carbonyl (C=O) groups excluding carboxylic acids is 2. The molecule has 4 rings (SSSR count). The topological polar surface area (TPSA) is 55.4 Å². The van der Waals surface area contributed by atoms with E-state index >= 15 is 0 Å². The van der Waals surface area contributed by atoms with Gasteiger partial charge < -0.3 is 10.1 Å². The molecule has 0 saturated heterocycles. The highest BCUT2D eigenvalue weighted by atomic mass is 16.5. The van der Waals surface area contributed by atoms with Crippen LogP contribution < -0.4 is 5.32 Å². The van der Waals surface area contributed by atoms with Crippen molar-refractivity contribution in [2.75, 3.05) is 11.9 Å². The predicted molar refractivity (Wildman–Crippen MR) is 126 cm³/mol. The maximum atomic E-state index is 12.7. The Balaban J connectivity index is 1.41. The molecule has 0 spiro atoms. The number of carbonyl (C=O) groups is 2. The second-order valence-corrected chi connectivity index (χ2v) is 7.36. The van der Waals surface area contributed by atoms with E-state index in [1.165, 1.54) is 0 Å². The highest BCUT2D eigenvalue weighted by Gasteiger charge is 2.16. The average Bonchev–Trinajstić information content (AvgIpc) is 2.85. The lowest BCUT2D eigenvalue weighted by molar-refractivity contribution is -0.119. The zero-order chi connectivity index (χ0) is 22.2. The molecule has 158 valence electrons. The minimum Gasteiger partial charge on any atom is -0.452 e. The summed E-state index contributed by atoms with van der Waals surface area (Å²) < 4.78 is 5.33. The molecule has 4 aromatic carbocycles. The van der Waals surface area contributed by atoms with E-state index in [4.69, 9.17) is 4.74 Å². The Morgan fingerprint density at radius 3 is 2.09 bits per heavy atom. The van der Waals surface area contributed by atoms with Gasteiger partial charge in [0.1, 0.15) is 0 Å². The van der Waals surface area contributed by atoms with Gasteiger partial charge in [-0.1, -0.05) is 97.1 Å². The van der Waals surface area contributed by atoms with Gasteiger partial charge in [0, 0.05) is 5.69 Å². The first-order valence-electron chi connectivity index (χ1n) is 10.4. The number of hydrogen-bond donors (Lipinski definition) is 1. The van der Waals surface area contributed by atoms with Crippen molar-refractivity contribution in [1.29, 1.82) is 0 Å². The van der Waals surface area contributed by atoms with E-state index in [9.17, 15) is 9.59 Å². The molecule has 0 aliphatic carbocycles. The third-order valence-corrected chi connectivity index (χ3v) is 5.09. The van der Waals surface area contributed by atoms with Gasteiger partial charge in [0.05, 0.1) is 5.56 Å². The number of anilines is 1. The lowest BCUT2D eigenvalue weighted by Crippen LogP contribution is -2.21. The quantitative estimate of drug-likeness (QED) is 0.387. The number of para-hydroxylation sites is 1. The van der Waals surface area contributed by atoms with Crippen LogP contribution in [0.25, 0.3) is 11.1 Å². The highest BCUT2D eigenvalue weighted by Crippen LogP contribution is 2.24. The Morgan fingerprint density at radius 1 is 0.688 bits per heavy atom. The van der Waals surface area contributed by atoms with Crippen molar-refractivity contribution in [3.8, 4) is 11.1 Å². The lowest BCUT2D eigenvalue weighted by Gasteiger charge is -2.12. The van der Waals surface area contributed by atoms with Crippen molar-refractivity contribution in [2.45, 2.75) is 6.42 Å². The number of amides is 1. The molecule has 4 heteroatoms. The van der Waals surface area contributed by atoms with Crippen LogP contribution in [0.1, 0.15) is 21.5 Å². The summed E-state index contributed by atoms with van der Waals surface area (Å²) in [6.07, 6.45) is 0.696. The summed E-state index contributed by atoms with van der Waals surface area (Å²) >= 11 is 0. The maximum Gasteiger partial charge on any atom is 0.339 e. The fourth-order valence-electron chi connectivity index (χ4n) is 3.54. The molecule has 0 aliphatic heterocycles. The molecule has 4 aromatic rings. The highest BCUT2D eigenvalue weighted by molar-refractivity contribution is 5.99. The second kappa shape index (κ2) is 10.2. The molecule has 0 aliphatic rings. The molecule has 0 aromatic heterocycles. The minimum absolute atomic E-state index is 0.359. The van der Waals surface area contributed by atoms with Crippen LogP contribution >= 0.6 is 0 Å². The van der Waals surface area contributed by atoms with Crippen LogP contribution in [0, 0.1) is 0 Å². The number of benzene rings is 4. The Labute approximate surface area is 187 Å². The van der Waals surface area contributed by atoms with Gasteiger partial charge in [0.25, 0.3) is 5.91 Å². The van der Waals surface area contributed by atoms with Crippen molar-refractivity contribution in [1.82, 2.24) is 0 Å². The van der Waals surface area contributed by atoms with Crippen LogP contribution in [0.2, 0.25) is 0 Å². The van der Waals surface area contributed by atoms with Crippen molar-refractivity contribution >= 4 is 17.6 Å². The van der Waals surface area contributed by atoms with Crippen molar-refractivity contribution < 1.29 is 14.3 Å². The molecule has 1 N–H and O–H groups in total. The van der Waals surface area contributed by atoms with Crippen molar-refractivity contribution in [2.24, 2.45) is 0 Å². The van der Waals surface area contributed by atoms with Gasteiger partial charge in [0.15, 0.2) is 6.61 Å². The fraction of sp³-hybridized carbons (Fsp3) is 0.0714. The smallest absolute Gasteiger partial charge is 0.339 e. The molecule has 0 heterocycles. The van der Waals surface area contributed by atoms with Crippen LogP contribution in [-0.2, 0) is 16.0 Å². The first kappa shape index (κ1) is 21.1. The van der Waals surface area contributed by atoms with E-state index in [1.807, 2.05) is 97.1 Å². The molecule has 1 amide bonds. The molecule has 32 heavy (non-hydrogen) atoms. The molecule has 0 bridgehead atoms. The van der Waals surface area contributed by atoms with E-state index < -0.39 is 5.97 Å². The largest absolute Gasteiger partial charge is 0.452 e. The van der Waals surface area contributed by atoms with Crippen LogP contribution in [0.5, 0.6) is 0 Å². The molecule has 0 atom stereocenters. The predicted octanol–water partition coefficient (Wildman–Crippen LogP) is 5.74. The zero-order valence-electron chi connectivity index (χ0n) is 17.5. The number of esters is 1.